The van der Waals surface area contributed by atoms with Crippen molar-refractivity contribution < 1.29 is 32.7 Å². The molecular weight excluding hydrogens is 552 g/mol. The van der Waals surface area contributed by atoms with E-state index in [0.29, 0.717) is 21.9 Å². The number of amides is 2. The van der Waals surface area contributed by atoms with Gasteiger partial charge >= 0.3 is 5.97 Å². The van der Waals surface area contributed by atoms with Gasteiger partial charge in [0.15, 0.2) is 5.78 Å². The number of esters is 1. The fraction of sp³-hybridized carbons (Fsp3) is 0.333. The number of ether oxygens (including phenoxy) is 1. The number of likely N-dealkylation sites (N-methyl/N-ethyl adjacent to an activating group) is 1. The molecule has 0 saturated carbocycles. The zero-order valence-electron chi connectivity index (χ0n) is 23.8. The molecule has 0 aliphatic carbocycles. The number of thioether (sulfide) groups is 1. The highest BCUT2D eigenvalue weighted by atomic mass is 32.2. The lowest BCUT2D eigenvalue weighted by Gasteiger charge is -2.27. The Hall–Kier alpha value is -3.99. The first-order chi connectivity index (χ1) is 19.2. The molecule has 2 aromatic rings. The third-order valence-electron chi connectivity index (χ3n) is 5.99. The van der Waals surface area contributed by atoms with Gasteiger partial charge in [-0.05, 0) is 36.2 Å². The number of hydrogen-bond acceptors (Lipinski definition) is 7. The van der Waals surface area contributed by atoms with Crippen molar-refractivity contribution in [3.63, 3.8) is 0 Å². The number of Topliss-reactive ketones (excluding diaryl/α,β-unsaturated/α-hetero) is 1. The number of carbonyl (C=O) groups is 4. The van der Waals surface area contributed by atoms with E-state index in [1.165, 1.54) is 56.8 Å². The molecule has 2 rings (SSSR count). The lowest BCUT2D eigenvalue weighted by atomic mass is 9.97. The molecule has 2 N–H and O–H groups in total. The van der Waals surface area contributed by atoms with Crippen molar-refractivity contribution in [2.24, 2.45) is 0 Å². The predicted octanol–water partition coefficient (Wildman–Crippen LogP) is 4.85. The second-order valence-corrected chi connectivity index (χ2v) is 10.7. The highest BCUT2D eigenvalue weighted by molar-refractivity contribution is 8.03. The van der Waals surface area contributed by atoms with Crippen LogP contribution in [0, 0.1) is 11.6 Å². The Morgan fingerprint density at radius 2 is 1.59 bits per heavy atom. The van der Waals surface area contributed by atoms with Crippen LogP contribution in [-0.2, 0) is 14.4 Å². The third kappa shape index (κ3) is 10.2. The minimum absolute atomic E-state index is 0.00149. The molecule has 0 bridgehead atoms. The summed E-state index contributed by atoms with van der Waals surface area (Å²) in [6, 6.07) is 6.36. The first-order valence-electron chi connectivity index (χ1n) is 12.7. The van der Waals surface area contributed by atoms with Crippen LogP contribution in [0.15, 0.2) is 60.2 Å². The van der Waals surface area contributed by atoms with Crippen LogP contribution in [0.5, 0.6) is 5.75 Å². The van der Waals surface area contributed by atoms with Crippen LogP contribution in [-0.4, -0.2) is 60.4 Å². The van der Waals surface area contributed by atoms with Crippen molar-refractivity contribution in [2.75, 3.05) is 19.8 Å². The van der Waals surface area contributed by atoms with Crippen molar-refractivity contribution in [3.8, 4) is 16.9 Å². The zero-order chi connectivity index (χ0) is 30.9. The van der Waals surface area contributed by atoms with Gasteiger partial charge in [0.05, 0.1) is 17.6 Å². The van der Waals surface area contributed by atoms with Crippen LogP contribution >= 0.6 is 11.8 Å². The Bertz CT molecular complexity index is 1350. The number of carbonyl (C=O) groups excluding carboxylic acids is 4. The maximum atomic E-state index is 14.4. The number of ketones is 1. The van der Waals surface area contributed by atoms with Crippen LogP contribution in [0.1, 0.15) is 44.0 Å². The lowest BCUT2D eigenvalue weighted by molar-refractivity contribution is -0.132. The zero-order valence-corrected chi connectivity index (χ0v) is 24.6. The first-order valence-corrected chi connectivity index (χ1v) is 13.7. The van der Waals surface area contributed by atoms with Gasteiger partial charge in [-0.25, -0.2) is 8.78 Å². The van der Waals surface area contributed by atoms with E-state index in [-0.39, 0.29) is 47.6 Å². The predicted molar refractivity (Wildman–Crippen MR) is 156 cm³/mol. The summed E-state index contributed by atoms with van der Waals surface area (Å²) in [5, 5.41) is 5.64. The number of benzene rings is 2. The summed E-state index contributed by atoms with van der Waals surface area (Å²) < 4.78 is 33.1. The van der Waals surface area contributed by atoms with E-state index >= 15 is 0 Å². The summed E-state index contributed by atoms with van der Waals surface area (Å²) in [6.45, 7) is 12.0. The van der Waals surface area contributed by atoms with E-state index in [1.807, 2.05) is 14.1 Å². The molecule has 11 heteroatoms. The normalized spacial score (nSPS) is 12.1. The maximum absolute atomic E-state index is 14.4. The van der Waals surface area contributed by atoms with Gasteiger partial charge in [0.25, 0.3) is 0 Å². The molecule has 2 aromatic carbocycles. The fourth-order valence-electron chi connectivity index (χ4n) is 3.92. The monoisotopic (exact) mass is 587 g/mol. The Morgan fingerprint density at radius 3 is 2.15 bits per heavy atom. The molecule has 41 heavy (non-hydrogen) atoms. The van der Waals surface area contributed by atoms with Gasteiger partial charge < -0.3 is 20.3 Å². The van der Waals surface area contributed by atoms with Gasteiger partial charge in [-0.3, -0.25) is 19.2 Å². The molecule has 0 fully saturated rings. The minimum atomic E-state index is -0.808. The molecule has 8 nitrogen and oxygen atoms in total. The molecule has 0 aromatic heterocycles. The van der Waals surface area contributed by atoms with Crippen LogP contribution in [0.4, 0.5) is 8.78 Å². The van der Waals surface area contributed by atoms with Gasteiger partial charge in [0.1, 0.15) is 17.4 Å². The molecule has 2 unspecified atom stereocenters. The average molecular weight is 588 g/mol. The number of rotatable bonds is 14. The SMILES string of the molecule is C=C(SCC(NC(C)=O)C(=C)N(C)C)C(CCC(=O)c1cc(-c2ccc(F)cc2F)ccc1OC(C)=O)NC(C)=O. The second-order valence-electron chi connectivity index (χ2n) is 9.56. The van der Waals surface area contributed by atoms with Gasteiger partial charge in [-0.15, -0.1) is 11.8 Å². The van der Waals surface area contributed by atoms with Crippen LogP contribution in [0.25, 0.3) is 11.1 Å². The summed E-state index contributed by atoms with van der Waals surface area (Å²) in [4.78, 5) is 51.0. The van der Waals surface area contributed by atoms with Crippen LogP contribution < -0.4 is 15.4 Å². The molecule has 0 heterocycles. The number of hydrogen-bond donors (Lipinski definition) is 2. The third-order valence-corrected chi connectivity index (χ3v) is 7.15. The molecule has 0 aliphatic heterocycles. The van der Waals surface area contributed by atoms with E-state index in [1.54, 1.807) is 4.90 Å². The molecule has 2 atom stereocenters. The summed E-state index contributed by atoms with van der Waals surface area (Å²) in [5.41, 5.74) is 1.09. The topological polar surface area (TPSA) is 105 Å². The van der Waals surface area contributed by atoms with E-state index < -0.39 is 29.4 Å². The van der Waals surface area contributed by atoms with Gasteiger partial charge in [-0.2, -0.15) is 0 Å². The first kappa shape index (κ1) is 33.2. The summed E-state index contributed by atoms with van der Waals surface area (Å²) in [7, 11) is 3.62. The van der Waals surface area contributed by atoms with Crippen molar-refractivity contribution >= 4 is 35.3 Å². The Kier molecular flexibility index (Phi) is 12.3. The number of halogens is 2. The Labute approximate surface area is 243 Å². The average Bonchev–Trinajstić information content (AvgIpc) is 2.87. The molecule has 0 radical (unpaired) electrons. The Morgan fingerprint density at radius 1 is 0.951 bits per heavy atom. The Balaban J connectivity index is 2.26. The molecule has 0 saturated heterocycles. The van der Waals surface area contributed by atoms with Gasteiger partial charge in [-0.1, -0.05) is 19.2 Å². The van der Waals surface area contributed by atoms with E-state index in [2.05, 4.69) is 23.8 Å². The molecule has 0 spiro atoms. The summed E-state index contributed by atoms with van der Waals surface area (Å²) in [5.74, 6) is -2.77. The van der Waals surface area contributed by atoms with E-state index in [0.717, 1.165) is 12.1 Å². The quantitative estimate of drug-likeness (QED) is 0.185. The smallest absolute Gasteiger partial charge is 0.308 e. The number of nitrogens with zero attached hydrogens (tertiary/aromatic N) is 1. The largest absolute Gasteiger partial charge is 0.426 e. The van der Waals surface area contributed by atoms with Crippen molar-refractivity contribution in [1.82, 2.24) is 15.5 Å². The van der Waals surface area contributed by atoms with E-state index in [4.69, 9.17) is 4.74 Å². The maximum Gasteiger partial charge on any atom is 0.308 e. The van der Waals surface area contributed by atoms with Crippen molar-refractivity contribution in [3.05, 3.63) is 77.4 Å². The molecular formula is C30H35F2N3O5S. The molecule has 220 valence electrons. The van der Waals surface area contributed by atoms with E-state index in [9.17, 15) is 28.0 Å². The highest BCUT2D eigenvalue weighted by Crippen LogP contribution is 2.31. The van der Waals surface area contributed by atoms with Crippen molar-refractivity contribution in [2.45, 2.75) is 45.7 Å². The standard InChI is InChI=1S/C30H35F2N3O5S/c1-17(35(6)7)28(34-20(4)37)16-41-18(2)27(33-19(3)36)11-12-29(39)25-14-22(8-13-30(25)40-21(5)38)24-10-9-23(31)15-26(24)32/h8-10,13-15,27-28H,1-2,11-12,16H2,3-7H3,(H,33,36)(H,34,37). The van der Waals surface area contributed by atoms with Crippen LogP contribution in [0.2, 0.25) is 0 Å². The second kappa shape index (κ2) is 15.1. The number of nitrogens with one attached hydrogen (secondary N) is 2. The van der Waals surface area contributed by atoms with Gasteiger partial charge in [0, 0.05) is 69.3 Å². The highest BCUT2D eigenvalue weighted by Gasteiger charge is 2.23. The fourth-order valence-corrected chi connectivity index (χ4v) is 4.96. The van der Waals surface area contributed by atoms with Gasteiger partial charge in [0.2, 0.25) is 11.8 Å². The summed E-state index contributed by atoms with van der Waals surface area (Å²) in [6.07, 6.45) is 0.0893. The summed E-state index contributed by atoms with van der Waals surface area (Å²) >= 11 is 1.32. The minimum Gasteiger partial charge on any atom is -0.426 e. The molecule has 0 aliphatic rings. The molecule has 2 amide bonds. The lowest BCUT2D eigenvalue weighted by Crippen LogP contribution is -2.41. The van der Waals surface area contributed by atoms with Crippen molar-refractivity contribution in [1.29, 1.82) is 0 Å². The van der Waals surface area contributed by atoms with Crippen LogP contribution in [0.3, 0.4) is 0 Å².